The highest BCUT2D eigenvalue weighted by atomic mass is 32.1. The van der Waals surface area contributed by atoms with Crippen LogP contribution in [0, 0.1) is 11.8 Å². The fourth-order valence-electron chi connectivity index (χ4n) is 2.52. The van der Waals surface area contributed by atoms with Gasteiger partial charge in [-0.1, -0.05) is 26.7 Å². The van der Waals surface area contributed by atoms with Crippen LogP contribution in [0.15, 0.2) is 0 Å². The van der Waals surface area contributed by atoms with Crippen molar-refractivity contribution in [3.8, 4) is 0 Å². The molecule has 2 atom stereocenters. The lowest BCUT2D eigenvalue weighted by molar-refractivity contribution is -0.122. The Morgan fingerprint density at radius 2 is 2.07 bits per heavy atom. The van der Waals surface area contributed by atoms with Crippen molar-refractivity contribution < 1.29 is 4.79 Å². The highest BCUT2D eigenvalue weighted by Crippen LogP contribution is 2.30. The van der Waals surface area contributed by atoms with Crippen molar-refractivity contribution in [2.45, 2.75) is 52.0 Å². The van der Waals surface area contributed by atoms with Crippen LogP contribution in [0.4, 0.5) is 0 Å². The first-order valence-corrected chi connectivity index (χ1v) is 6.68. The zero-order chi connectivity index (χ0) is 11.3. The Morgan fingerprint density at radius 1 is 1.40 bits per heavy atom. The predicted octanol–water partition coefficient (Wildman–Crippen LogP) is 2.64. The van der Waals surface area contributed by atoms with Gasteiger partial charge in [-0.25, -0.2) is 0 Å². The highest BCUT2D eigenvalue weighted by molar-refractivity contribution is 7.80. The van der Waals surface area contributed by atoms with Crippen LogP contribution in [0.2, 0.25) is 0 Å². The summed E-state index contributed by atoms with van der Waals surface area (Å²) < 4.78 is 0. The first-order valence-electron chi connectivity index (χ1n) is 6.05. The zero-order valence-corrected chi connectivity index (χ0v) is 10.7. The smallest absolute Gasteiger partial charge is 0.221 e. The van der Waals surface area contributed by atoms with Gasteiger partial charge in [0.05, 0.1) is 0 Å². The second-order valence-electron chi connectivity index (χ2n) is 4.84. The van der Waals surface area contributed by atoms with Crippen molar-refractivity contribution >= 4 is 18.5 Å². The molecule has 1 saturated carbocycles. The molecule has 88 valence electrons. The molecule has 2 nitrogen and oxygen atoms in total. The fraction of sp³-hybridized carbons (Fsp3) is 0.917. The number of rotatable bonds is 4. The van der Waals surface area contributed by atoms with Crippen LogP contribution in [0.3, 0.4) is 0 Å². The van der Waals surface area contributed by atoms with E-state index in [4.69, 9.17) is 0 Å². The normalized spacial score (nSPS) is 26.7. The number of carbonyl (C=O) groups is 1. The zero-order valence-electron chi connectivity index (χ0n) is 9.83. The summed E-state index contributed by atoms with van der Waals surface area (Å²) in [6.45, 7) is 4.52. The molecule has 0 radical (unpaired) electrons. The Morgan fingerprint density at radius 3 is 2.67 bits per heavy atom. The van der Waals surface area contributed by atoms with Crippen LogP contribution >= 0.6 is 12.6 Å². The van der Waals surface area contributed by atoms with Crippen LogP contribution in [0.1, 0.15) is 46.0 Å². The first-order chi connectivity index (χ1) is 7.15. The summed E-state index contributed by atoms with van der Waals surface area (Å²) in [7, 11) is 0. The summed E-state index contributed by atoms with van der Waals surface area (Å²) in [5.41, 5.74) is 0. The van der Waals surface area contributed by atoms with E-state index in [1.807, 2.05) is 0 Å². The van der Waals surface area contributed by atoms with Gasteiger partial charge in [0.15, 0.2) is 0 Å². The number of amides is 1. The van der Waals surface area contributed by atoms with Gasteiger partial charge < -0.3 is 5.32 Å². The first kappa shape index (κ1) is 12.9. The molecule has 1 fully saturated rings. The molecule has 1 amide bonds. The molecule has 3 heteroatoms. The molecule has 0 aromatic heterocycles. The average molecular weight is 229 g/mol. The van der Waals surface area contributed by atoms with Crippen molar-refractivity contribution in [3.63, 3.8) is 0 Å². The standard InChI is InChI=1S/C12H23NOS/c1-9(2)10-5-3-4-6-11(10)13-12(14)7-8-15/h9-11,15H,3-8H2,1-2H3,(H,13,14). The van der Waals surface area contributed by atoms with Gasteiger partial charge in [0.2, 0.25) is 5.91 Å². The predicted molar refractivity (Wildman–Crippen MR) is 67.2 cm³/mol. The lowest BCUT2D eigenvalue weighted by atomic mass is 9.78. The summed E-state index contributed by atoms with van der Waals surface area (Å²) in [4.78, 5) is 11.5. The number of carbonyl (C=O) groups excluding carboxylic acids is 1. The molecule has 0 aliphatic heterocycles. The number of nitrogens with one attached hydrogen (secondary N) is 1. The second-order valence-corrected chi connectivity index (χ2v) is 5.29. The Bertz CT molecular complexity index is 206. The van der Waals surface area contributed by atoms with Crippen LogP contribution in [0.25, 0.3) is 0 Å². The van der Waals surface area contributed by atoms with E-state index in [9.17, 15) is 4.79 Å². The molecule has 0 saturated heterocycles. The van der Waals surface area contributed by atoms with E-state index in [2.05, 4.69) is 31.8 Å². The minimum absolute atomic E-state index is 0.169. The Kier molecular flexibility index (Phi) is 5.51. The van der Waals surface area contributed by atoms with Gasteiger partial charge >= 0.3 is 0 Å². The van der Waals surface area contributed by atoms with E-state index < -0.39 is 0 Å². The minimum atomic E-state index is 0.169. The van der Waals surface area contributed by atoms with E-state index in [0.717, 1.165) is 6.42 Å². The molecular formula is C12H23NOS. The quantitative estimate of drug-likeness (QED) is 0.713. The van der Waals surface area contributed by atoms with Gasteiger partial charge in [-0.15, -0.1) is 0 Å². The molecule has 1 aliphatic carbocycles. The summed E-state index contributed by atoms with van der Waals surface area (Å²) in [6, 6.07) is 0.408. The molecular weight excluding hydrogens is 206 g/mol. The summed E-state index contributed by atoms with van der Waals surface area (Å²) >= 11 is 4.08. The van der Waals surface area contributed by atoms with Crippen LogP contribution in [-0.4, -0.2) is 17.7 Å². The van der Waals surface area contributed by atoms with Gasteiger partial charge in [-0.2, -0.15) is 12.6 Å². The number of hydrogen-bond donors (Lipinski definition) is 2. The molecule has 1 aliphatic rings. The Labute approximate surface area is 98.6 Å². The topological polar surface area (TPSA) is 29.1 Å². The monoisotopic (exact) mass is 229 g/mol. The van der Waals surface area contributed by atoms with Gasteiger partial charge in [0, 0.05) is 12.5 Å². The van der Waals surface area contributed by atoms with Crippen molar-refractivity contribution in [2.75, 3.05) is 5.75 Å². The van der Waals surface area contributed by atoms with Crippen molar-refractivity contribution in [1.29, 1.82) is 0 Å². The summed E-state index contributed by atoms with van der Waals surface area (Å²) in [6.07, 6.45) is 5.55. The third kappa shape index (κ3) is 4.06. The molecule has 0 heterocycles. The largest absolute Gasteiger partial charge is 0.353 e. The second kappa shape index (κ2) is 6.41. The maximum atomic E-state index is 11.5. The molecule has 0 spiro atoms. The molecule has 0 aromatic carbocycles. The number of hydrogen-bond acceptors (Lipinski definition) is 2. The fourth-order valence-corrected chi connectivity index (χ4v) is 2.72. The van der Waals surface area contributed by atoms with E-state index in [1.54, 1.807) is 0 Å². The highest BCUT2D eigenvalue weighted by Gasteiger charge is 2.28. The SMILES string of the molecule is CC(C)C1CCCCC1NC(=O)CCS. The molecule has 15 heavy (non-hydrogen) atoms. The lowest BCUT2D eigenvalue weighted by Crippen LogP contribution is -2.44. The average Bonchev–Trinajstić information content (AvgIpc) is 2.18. The third-order valence-corrected chi connectivity index (χ3v) is 3.58. The van der Waals surface area contributed by atoms with E-state index >= 15 is 0 Å². The summed E-state index contributed by atoms with van der Waals surface area (Å²) in [5.74, 6) is 2.15. The van der Waals surface area contributed by atoms with Gasteiger partial charge in [0.25, 0.3) is 0 Å². The third-order valence-electron chi connectivity index (χ3n) is 3.36. The Hall–Kier alpha value is -0.180. The van der Waals surface area contributed by atoms with Gasteiger partial charge in [-0.05, 0) is 30.4 Å². The van der Waals surface area contributed by atoms with Gasteiger partial charge in [0.1, 0.15) is 0 Å². The maximum Gasteiger partial charge on any atom is 0.221 e. The molecule has 2 unspecified atom stereocenters. The van der Waals surface area contributed by atoms with Gasteiger partial charge in [-0.3, -0.25) is 4.79 Å². The van der Waals surface area contributed by atoms with Crippen LogP contribution in [0.5, 0.6) is 0 Å². The lowest BCUT2D eigenvalue weighted by Gasteiger charge is -2.34. The maximum absolute atomic E-state index is 11.5. The van der Waals surface area contributed by atoms with E-state index in [0.29, 0.717) is 30.1 Å². The van der Waals surface area contributed by atoms with Crippen molar-refractivity contribution in [2.24, 2.45) is 11.8 Å². The van der Waals surface area contributed by atoms with E-state index in [-0.39, 0.29) is 5.91 Å². The van der Waals surface area contributed by atoms with Crippen molar-refractivity contribution in [3.05, 3.63) is 0 Å². The molecule has 1 N–H and O–H groups in total. The Balaban J connectivity index is 2.45. The van der Waals surface area contributed by atoms with Crippen LogP contribution < -0.4 is 5.32 Å². The van der Waals surface area contributed by atoms with E-state index in [1.165, 1.54) is 19.3 Å². The minimum Gasteiger partial charge on any atom is -0.353 e. The summed E-state index contributed by atoms with van der Waals surface area (Å²) in [5, 5.41) is 3.16. The number of thiol groups is 1. The molecule has 0 bridgehead atoms. The molecule has 0 aromatic rings. The van der Waals surface area contributed by atoms with Crippen LogP contribution in [-0.2, 0) is 4.79 Å². The van der Waals surface area contributed by atoms with Crippen molar-refractivity contribution in [1.82, 2.24) is 5.32 Å². The molecule has 1 rings (SSSR count).